The van der Waals surface area contributed by atoms with Crippen molar-refractivity contribution in [2.45, 2.75) is 26.8 Å². The lowest BCUT2D eigenvalue weighted by Gasteiger charge is -2.13. The van der Waals surface area contributed by atoms with E-state index in [4.69, 9.17) is 9.47 Å². The monoisotopic (exact) mass is 358 g/mol. The van der Waals surface area contributed by atoms with Gasteiger partial charge in [0.2, 0.25) is 0 Å². The van der Waals surface area contributed by atoms with E-state index in [1.807, 2.05) is 32.0 Å². The van der Waals surface area contributed by atoms with E-state index in [2.05, 4.69) is 5.32 Å². The molecule has 1 amide bonds. The zero-order valence-electron chi connectivity index (χ0n) is 14.9. The molecule has 2 rings (SSSR count). The number of nitrogens with one attached hydrogen (secondary N) is 1. The molecular formula is C19H22N2O5. The predicted octanol–water partition coefficient (Wildman–Crippen LogP) is 3.71. The molecular weight excluding hydrogens is 336 g/mol. The smallest absolute Gasteiger partial charge is 0.270 e. The molecule has 0 bridgehead atoms. The van der Waals surface area contributed by atoms with Crippen LogP contribution in [0, 0.1) is 10.1 Å². The lowest BCUT2D eigenvalue weighted by atomic mass is 10.1. The van der Waals surface area contributed by atoms with Gasteiger partial charge in [-0.1, -0.05) is 19.1 Å². The van der Waals surface area contributed by atoms with E-state index >= 15 is 0 Å². The molecule has 0 aliphatic rings. The molecule has 0 spiro atoms. The first kappa shape index (κ1) is 19.2. The number of hydrogen-bond acceptors (Lipinski definition) is 5. The Morgan fingerprint density at radius 2 is 1.92 bits per heavy atom. The van der Waals surface area contributed by atoms with Crippen LogP contribution in [0.5, 0.6) is 11.5 Å². The fraction of sp³-hybridized carbons (Fsp3) is 0.316. The van der Waals surface area contributed by atoms with E-state index in [1.165, 1.54) is 24.3 Å². The third-order valence-electron chi connectivity index (χ3n) is 3.54. The molecule has 2 aromatic carbocycles. The second-order valence-electron chi connectivity index (χ2n) is 5.55. The Kier molecular flexibility index (Phi) is 6.96. The number of non-ortho nitro benzene ring substituents is 1. The summed E-state index contributed by atoms with van der Waals surface area (Å²) in [4.78, 5) is 22.5. The topological polar surface area (TPSA) is 90.7 Å². The quantitative estimate of drug-likeness (QED) is 0.545. The average molecular weight is 358 g/mol. The van der Waals surface area contributed by atoms with Crippen molar-refractivity contribution in [1.82, 2.24) is 5.32 Å². The van der Waals surface area contributed by atoms with Gasteiger partial charge in [0.15, 0.2) is 11.5 Å². The standard InChI is InChI=1S/C19H22N2O5/c1-3-10-26-17-9-8-14(11-18(17)25-4-2)13-20-19(22)15-6-5-7-16(12-15)21(23)24/h5-9,11-12H,3-4,10,13H2,1-2H3,(H,20,22). The molecule has 26 heavy (non-hydrogen) atoms. The molecule has 0 aliphatic heterocycles. The summed E-state index contributed by atoms with van der Waals surface area (Å²) >= 11 is 0. The van der Waals surface area contributed by atoms with Crippen molar-refractivity contribution in [3.63, 3.8) is 0 Å². The molecule has 0 aliphatic carbocycles. The first-order valence-electron chi connectivity index (χ1n) is 8.46. The molecule has 0 saturated carbocycles. The second-order valence-corrected chi connectivity index (χ2v) is 5.55. The molecule has 138 valence electrons. The number of nitrogens with zero attached hydrogens (tertiary/aromatic N) is 1. The number of ether oxygens (including phenoxy) is 2. The van der Waals surface area contributed by atoms with E-state index in [1.54, 1.807) is 0 Å². The highest BCUT2D eigenvalue weighted by molar-refractivity contribution is 5.94. The van der Waals surface area contributed by atoms with Crippen LogP contribution < -0.4 is 14.8 Å². The van der Waals surface area contributed by atoms with Crippen LogP contribution >= 0.6 is 0 Å². The summed E-state index contributed by atoms with van der Waals surface area (Å²) in [6, 6.07) is 11.1. The van der Waals surface area contributed by atoms with Crippen LogP contribution in [-0.4, -0.2) is 24.0 Å². The van der Waals surface area contributed by atoms with Gasteiger partial charge in [0, 0.05) is 24.2 Å². The van der Waals surface area contributed by atoms with Gasteiger partial charge in [-0.3, -0.25) is 14.9 Å². The van der Waals surface area contributed by atoms with Gasteiger partial charge in [0.05, 0.1) is 18.1 Å². The fourth-order valence-corrected chi connectivity index (χ4v) is 2.31. The van der Waals surface area contributed by atoms with E-state index in [0.717, 1.165) is 12.0 Å². The van der Waals surface area contributed by atoms with Gasteiger partial charge in [-0.05, 0) is 37.1 Å². The predicted molar refractivity (Wildman–Crippen MR) is 97.7 cm³/mol. The van der Waals surface area contributed by atoms with E-state index < -0.39 is 4.92 Å². The Hall–Kier alpha value is -3.09. The molecule has 7 nitrogen and oxygen atoms in total. The number of nitro benzene ring substituents is 1. The largest absolute Gasteiger partial charge is 0.490 e. The summed E-state index contributed by atoms with van der Waals surface area (Å²) in [5.74, 6) is 0.920. The molecule has 0 unspecified atom stereocenters. The molecule has 0 atom stereocenters. The third kappa shape index (κ3) is 5.20. The van der Waals surface area contributed by atoms with Crippen LogP contribution in [0.4, 0.5) is 5.69 Å². The summed E-state index contributed by atoms with van der Waals surface area (Å²) in [6.07, 6.45) is 0.895. The maximum absolute atomic E-state index is 12.2. The Morgan fingerprint density at radius 1 is 1.12 bits per heavy atom. The summed E-state index contributed by atoms with van der Waals surface area (Å²) in [5.41, 5.74) is 0.969. The number of rotatable bonds is 9. The number of benzene rings is 2. The zero-order valence-corrected chi connectivity index (χ0v) is 14.9. The lowest BCUT2D eigenvalue weighted by molar-refractivity contribution is -0.384. The lowest BCUT2D eigenvalue weighted by Crippen LogP contribution is -2.22. The Labute approximate surface area is 152 Å². The van der Waals surface area contributed by atoms with E-state index in [-0.39, 0.29) is 23.7 Å². The Balaban J connectivity index is 2.06. The maximum atomic E-state index is 12.2. The minimum atomic E-state index is -0.528. The molecule has 2 aromatic rings. The van der Waals surface area contributed by atoms with Crippen molar-refractivity contribution in [3.05, 3.63) is 63.7 Å². The highest BCUT2D eigenvalue weighted by atomic mass is 16.6. The van der Waals surface area contributed by atoms with Crippen molar-refractivity contribution >= 4 is 11.6 Å². The first-order valence-corrected chi connectivity index (χ1v) is 8.46. The van der Waals surface area contributed by atoms with Crippen LogP contribution in [-0.2, 0) is 6.54 Å². The fourth-order valence-electron chi connectivity index (χ4n) is 2.31. The van der Waals surface area contributed by atoms with Crippen LogP contribution in [0.25, 0.3) is 0 Å². The molecule has 0 radical (unpaired) electrons. The zero-order chi connectivity index (χ0) is 18.9. The van der Waals surface area contributed by atoms with Crippen LogP contribution in [0.2, 0.25) is 0 Å². The molecule has 0 heterocycles. The average Bonchev–Trinajstić information content (AvgIpc) is 2.65. The molecule has 0 fully saturated rings. The van der Waals surface area contributed by atoms with Gasteiger partial charge in [-0.25, -0.2) is 0 Å². The van der Waals surface area contributed by atoms with Gasteiger partial charge < -0.3 is 14.8 Å². The summed E-state index contributed by atoms with van der Waals surface area (Å²) in [7, 11) is 0. The van der Waals surface area contributed by atoms with Gasteiger partial charge in [-0.2, -0.15) is 0 Å². The van der Waals surface area contributed by atoms with Gasteiger partial charge in [-0.15, -0.1) is 0 Å². The Bertz CT molecular complexity index is 776. The van der Waals surface area contributed by atoms with Gasteiger partial charge in [0.1, 0.15) is 0 Å². The molecule has 0 aromatic heterocycles. The van der Waals surface area contributed by atoms with Crippen LogP contribution in [0.1, 0.15) is 36.2 Å². The minimum absolute atomic E-state index is 0.117. The second kappa shape index (κ2) is 9.41. The van der Waals surface area contributed by atoms with Crippen LogP contribution in [0.15, 0.2) is 42.5 Å². The van der Waals surface area contributed by atoms with Gasteiger partial charge >= 0.3 is 0 Å². The maximum Gasteiger partial charge on any atom is 0.270 e. The number of carbonyl (C=O) groups is 1. The number of hydrogen-bond donors (Lipinski definition) is 1. The van der Waals surface area contributed by atoms with Crippen molar-refractivity contribution in [3.8, 4) is 11.5 Å². The van der Waals surface area contributed by atoms with Gasteiger partial charge in [0.25, 0.3) is 11.6 Å². The van der Waals surface area contributed by atoms with Crippen molar-refractivity contribution in [2.75, 3.05) is 13.2 Å². The molecule has 0 saturated heterocycles. The molecule has 7 heteroatoms. The normalized spacial score (nSPS) is 10.2. The summed E-state index contributed by atoms with van der Waals surface area (Å²) in [5, 5.41) is 13.6. The van der Waals surface area contributed by atoms with Crippen molar-refractivity contribution < 1.29 is 19.2 Å². The highest BCUT2D eigenvalue weighted by Crippen LogP contribution is 2.28. The summed E-state index contributed by atoms with van der Waals surface area (Å²) < 4.78 is 11.2. The van der Waals surface area contributed by atoms with Crippen molar-refractivity contribution in [1.29, 1.82) is 0 Å². The number of carbonyl (C=O) groups excluding carboxylic acids is 1. The first-order chi connectivity index (χ1) is 12.5. The third-order valence-corrected chi connectivity index (χ3v) is 3.54. The van der Waals surface area contributed by atoms with E-state index in [9.17, 15) is 14.9 Å². The SMILES string of the molecule is CCCOc1ccc(CNC(=O)c2cccc([N+](=O)[O-])c2)cc1OCC. The highest BCUT2D eigenvalue weighted by Gasteiger charge is 2.12. The van der Waals surface area contributed by atoms with Crippen molar-refractivity contribution in [2.24, 2.45) is 0 Å². The van der Waals surface area contributed by atoms with Crippen LogP contribution in [0.3, 0.4) is 0 Å². The molecule has 1 N–H and O–H groups in total. The van der Waals surface area contributed by atoms with E-state index in [0.29, 0.717) is 24.7 Å². The number of nitro groups is 1. The Morgan fingerprint density at radius 3 is 2.62 bits per heavy atom. The minimum Gasteiger partial charge on any atom is -0.490 e. The summed E-state index contributed by atoms with van der Waals surface area (Å²) in [6.45, 7) is 5.29. The number of amides is 1.